The van der Waals surface area contributed by atoms with Crippen LogP contribution in [0.3, 0.4) is 0 Å². The molecule has 2 heterocycles. The molecule has 0 amide bonds. The highest BCUT2D eigenvalue weighted by molar-refractivity contribution is 7.98. The van der Waals surface area contributed by atoms with E-state index in [1.807, 2.05) is 48.7 Å². The monoisotopic (exact) mass is 536 g/mol. The number of halogens is 2. The van der Waals surface area contributed by atoms with E-state index in [1.54, 1.807) is 31.0 Å². The van der Waals surface area contributed by atoms with Gasteiger partial charge in [0, 0.05) is 39.2 Å². The summed E-state index contributed by atoms with van der Waals surface area (Å²) in [7, 11) is 1.61. The van der Waals surface area contributed by atoms with Crippen LogP contribution in [0.5, 0.6) is 5.88 Å². The fourth-order valence-corrected chi connectivity index (χ4v) is 6.14. The Labute approximate surface area is 226 Å². The molecule has 3 atom stereocenters. The molecule has 1 fully saturated rings. The molecular formula is C30H30ClFN2O2S. The molecule has 0 saturated carbocycles. The molecule has 7 heteroatoms. The van der Waals surface area contributed by atoms with Crippen molar-refractivity contribution >= 4 is 34.3 Å². The standard InChI is InChI=1S/C30H30ClFN2O2S/c1-36-29-26(17-21-16-25(37-2)10-11-27(21)34-29)28(20-6-8-23(31)9-7-20)30(35)12-13-33-18-22(30)14-19-4-3-5-24(32)15-19/h3-11,15-17,22,28,33,35H,12-14,18H2,1-2H3. The SMILES string of the molecule is COc1nc2ccc(SC)cc2cc1C(c1ccc(Cl)cc1)C1(O)CCNCC1Cc1cccc(F)c1. The highest BCUT2D eigenvalue weighted by Gasteiger charge is 2.47. The second-order valence-corrected chi connectivity index (χ2v) is 10.9. The first-order valence-electron chi connectivity index (χ1n) is 12.4. The molecule has 1 aliphatic heterocycles. The molecule has 1 aromatic heterocycles. The minimum absolute atomic E-state index is 0.179. The topological polar surface area (TPSA) is 54.4 Å². The predicted molar refractivity (Wildman–Crippen MR) is 149 cm³/mol. The third kappa shape index (κ3) is 5.34. The number of benzene rings is 3. The van der Waals surface area contributed by atoms with Crippen LogP contribution in [-0.2, 0) is 6.42 Å². The van der Waals surface area contributed by atoms with E-state index in [9.17, 15) is 9.50 Å². The molecule has 4 aromatic rings. The van der Waals surface area contributed by atoms with Crippen molar-refractivity contribution in [3.63, 3.8) is 0 Å². The zero-order valence-electron chi connectivity index (χ0n) is 20.9. The molecule has 5 rings (SSSR count). The highest BCUT2D eigenvalue weighted by atomic mass is 35.5. The third-order valence-electron chi connectivity index (χ3n) is 7.39. The van der Waals surface area contributed by atoms with Crippen molar-refractivity contribution in [3.05, 3.63) is 100 Å². The Morgan fingerprint density at radius 2 is 1.97 bits per heavy atom. The van der Waals surface area contributed by atoms with Crippen LogP contribution in [0.1, 0.15) is 29.0 Å². The van der Waals surface area contributed by atoms with E-state index >= 15 is 0 Å². The molecule has 4 nitrogen and oxygen atoms in total. The fourth-order valence-electron chi connectivity index (χ4n) is 5.57. The molecule has 192 valence electrons. The number of aromatic nitrogens is 1. The van der Waals surface area contributed by atoms with E-state index in [0.29, 0.717) is 36.8 Å². The number of methoxy groups -OCH3 is 1. The van der Waals surface area contributed by atoms with Crippen LogP contribution in [0.25, 0.3) is 10.9 Å². The predicted octanol–water partition coefficient (Wildman–Crippen LogP) is 6.47. The number of nitrogens with zero attached hydrogens (tertiary/aromatic N) is 1. The lowest BCUT2D eigenvalue weighted by Gasteiger charge is -2.46. The molecule has 0 spiro atoms. The van der Waals surface area contributed by atoms with E-state index < -0.39 is 11.5 Å². The Bertz CT molecular complexity index is 1400. The lowest BCUT2D eigenvalue weighted by molar-refractivity contribution is -0.0544. The molecule has 0 radical (unpaired) electrons. The average molecular weight is 537 g/mol. The number of thioether (sulfide) groups is 1. The smallest absolute Gasteiger partial charge is 0.217 e. The second-order valence-electron chi connectivity index (χ2n) is 9.61. The highest BCUT2D eigenvalue weighted by Crippen LogP contribution is 2.47. The molecule has 0 bridgehead atoms. The van der Waals surface area contributed by atoms with Crippen LogP contribution in [0.15, 0.2) is 77.7 Å². The molecule has 0 aliphatic carbocycles. The lowest BCUT2D eigenvalue weighted by Crippen LogP contribution is -2.54. The number of rotatable bonds is 7. The van der Waals surface area contributed by atoms with Gasteiger partial charge in [0.15, 0.2) is 0 Å². The zero-order chi connectivity index (χ0) is 26.0. The van der Waals surface area contributed by atoms with Gasteiger partial charge in [0.25, 0.3) is 0 Å². The third-order valence-corrected chi connectivity index (χ3v) is 8.37. The van der Waals surface area contributed by atoms with Crippen LogP contribution in [0.2, 0.25) is 5.02 Å². The van der Waals surface area contributed by atoms with Crippen molar-refractivity contribution in [1.82, 2.24) is 10.3 Å². The Morgan fingerprint density at radius 3 is 2.70 bits per heavy atom. The molecule has 3 unspecified atom stereocenters. The maximum Gasteiger partial charge on any atom is 0.217 e. The molecule has 37 heavy (non-hydrogen) atoms. The number of piperidine rings is 1. The number of aliphatic hydroxyl groups is 1. The summed E-state index contributed by atoms with van der Waals surface area (Å²) >= 11 is 7.93. The minimum Gasteiger partial charge on any atom is -0.481 e. The van der Waals surface area contributed by atoms with E-state index in [2.05, 4.69) is 17.4 Å². The Hall–Kier alpha value is -2.64. The van der Waals surface area contributed by atoms with Gasteiger partial charge in [-0.15, -0.1) is 11.8 Å². The van der Waals surface area contributed by atoms with Crippen molar-refractivity contribution in [2.45, 2.75) is 29.3 Å². The number of fused-ring (bicyclic) bond motifs is 1. The van der Waals surface area contributed by atoms with Crippen molar-refractivity contribution in [3.8, 4) is 5.88 Å². The first-order chi connectivity index (χ1) is 17.9. The van der Waals surface area contributed by atoms with Gasteiger partial charge in [0.2, 0.25) is 5.88 Å². The second kappa shape index (κ2) is 11.0. The molecule has 3 aromatic carbocycles. The first kappa shape index (κ1) is 26.0. The van der Waals surface area contributed by atoms with Gasteiger partial charge >= 0.3 is 0 Å². The number of hydrogen-bond donors (Lipinski definition) is 2. The van der Waals surface area contributed by atoms with Crippen LogP contribution >= 0.6 is 23.4 Å². The van der Waals surface area contributed by atoms with Gasteiger partial charge in [-0.05, 0) is 85.3 Å². The maximum atomic E-state index is 14.0. The van der Waals surface area contributed by atoms with Gasteiger partial charge in [-0.2, -0.15) is 0 Å². The van der Waals surface area contributed by atoms with Gasteiger partial charge in [0.05, 0.1) is 18.2 Å². The van der Waals surface area contributed by atoms with E-state index in [1.165, 1.54) is 6.07 Å². The van der Waals surface area contributed by atoms with Gasteiger partial charge < -0.3 is 15.2 Å². The van der Waals surface area contributed by atoms with Crippen LogP contribution in [0.4, 0.5) is 4.39 Å². The first-order valence-corrected chi connectivity index (χ1v) is 14.0. The van der Waals surface area contributed by atoms with E-state index in [-0.39, 0.29) is 11.7 Å². The number of pyridine rings is 1. The molecule has 1 aliphatic rings. The Morgan fingerprint density at radius 1 is 1.16 bits per heavy atom. The number of hydrogen-bond acceptors (Lipinski definition) is 5. The minimum atomic E-state index is -1.15. The maximum absolute atomic E-state index is 14.0. The average Bonchev–Trinajstić information content (AvgIpc) is 2.90. The molecule has 1 saturated heterocycles. The van der Waals surface area contributed by atoms with E-state index in [4.69, 9.17) is 21.3 Å². The van der Waals surface area contributed by atoms with Crippen molar-refractivity contribution in [2.75, 3.05) is 26.5 Å². The summed E-state index contributed by atoms with van der Waals surface area (Å²) in [5, 5.41) is 17.7. The summed E-state index contributed by atoms with van der Waals surface area (Å²) in [6.45, 7) is 1.28. The summed E-state index contributed by atoms with van der Waals surface area (Å²) in [6, 6.07) is 22.5. The van der Waals surface area contributed by atoms with Crippen molar-refractivity contribution in [1.29, 1.82) is 0 Å². The molecular weight excluding hydrogens is 507 g/mol. The van der Waals surface area contributed by atoms with Gasteiger partial charge in [0.1, 0.15) is 5.82 Å². The Balaban J connectivity index is 1.69. The van der Waals surface area contributed by atoms with Crippen molar-refractivity contribution < 1.29 is 14.2 Å². The van der Waals surface area contributed by atoms with Crippen LogP contribution in [0, 0.1) is 11.7 Å². The summed E-state index contributed by atoms with van der Waals surface area (Å²) in [5.41, 5.74) is 2.30. The normalized spacial score (nSPS) is 20.6. The van der Waals surface area contributed by atoms with Gasteiger partial charge in [-0.1, -0.05) is 35.9 Å². The fraction of sp³-hybridized carbons (Fsp3) is 0.300. The summed E-state index contributed by atoms with van der Waals surface area (Å²) in [6.07, 6.45) is 3.10. The Kier molecular flexibility index (Phi) is 7.72. The summed E-state index contributed by atoms with van der Waals surface area (Å²) in [4.78, 5) is 5.98. The number of nitrogens with one attached hydrogen (secondary N) is 1. The molecule has 2 N–H and O–H groups in total. The number of ether oxygens (including phenoxy) is 1. The quantitative estimate of drug-likeness (QED) is 0.265. The summed E-state index contributed by atoms with van der Waals surface area (Å²) in [5.74, 6) is -0.401. The van der Waals surface area contributed by atoms with Gasteiger partial charge in [-0.3, -0.25) is 0 Å². The van der Waals surface area contributed by atoms with Crippen LogP contribution < -0.4 is 10.1 Å². The summed E-state index contributed by atoms with van der Waals surface area (Å²) < 4.78 is 19.9. The van der Waals surface area contributed by atoms with Crippen LogP contribution in [-0.4, -0.2) is 42.1 Å². The lowest BCUT2D eigenvalue weighted by atomic mass is 9.66. The zero-order valence-corrected chi connectivity index (χ0v) is 22.5. The van der Waals surface area contributed by atoms with Crippen molar-refractivity contribution in [2.24, 2.45) is 5.92 Å². The van der Waals surface area contributed by atoms with E-state index in [0.717, 1.165) is 32.5 Å². The van der Waals surface area contributed by atoms with Gasteiger partial charge in [-0.25, -0.2) is 9.37 Å². The largest absolute Gasteiger partial charge is 0.481 e.